The van der Waals surface area contributed by atoms with Crippen LogP contribution < -0.4 is 0 Å². The minimum absolute atomic E-state index is 0.242. The predicted octanol–water partition coefficient (Wildman–Crippen LogP) is 16.2. The average Bonchev–Trinajstić information content (AvgIpc) is 3.32. The minimum Gasteiger partial charge on any atom is -0.502 e. The van der Waals surface area contributed by atoms with Crippen LogP contribution in [-0.2, 0) is 52.4 Å². The van der Waals surface area contributed by atoms with Crippen LogP contribution in [0.15, 0.2) is 73.1 Å². The molecule has 64 heavy (non-hydrogen) atoms. The van der Waals surface area contributed by atoms with Crippen molar-refractivity contribution < 1.29 is 52.4 Å². The normalized spacial score (nSPS) is 11.5. The van der Waals surface area contributed by atoms with Crippen molar-refractivity contribution in [1.82, 2.24) is 0 Å². The third kappa shape index (κ3) is 73.0. The minimum atomic E-state index is 0.242. The van der Waals surface area contributed by atoms with Crippen LogP contribution in [-0.4, -0.2) is 74.7 Å². The molecule has 0 aromatic heterocycles. The van der Waals surface area contributed by atoms with E-state index in [-0.39, 0.29) is 6.10 Å². The van der Waals surface area contributed by atoms with Crippen LogP contribution in [0.5, 0.6) is 0 Å². The van der Waals surface area contributed by atoms with Gasteiger partial charge in [-0.15, -0.1) is 6.58 Å². The van der Waals surface area contributed by atoms with Gasteiger partial charge in [-0.25, -0.2) is 9.78 Å². The standard InChI is InChI=1S/C12H24O2.C11H22O3.C10H20O2.C9H18O2.C8H16O2.C3H6/c1-4-6-7-8-9-10-11-14-12(5-2)13-3;1-3-9-13-10-7-5-4-6-8-11-14-12-2;1-4-6-7-8-9-12-10(5-2)11-3;1-4-6-7-8-11-9(5-2)10-3;1-5-7(3)10-8(6-2)9-4;1-3-2/h5H,4,6-11H2,1-3H3;3,9H,4-8,10-11H2,1-2H3;5H,4,6-9H2,1-3H3;5H,4,6-8H2,1-3H3;6-7H,5H2,1-4H3;3H,1H2,2H3. The van der Waals surface area contributed by atoms with Crippen molar-refractivity contribution in [3.63, 3.8) is 0 Å². The molecule has 0 amide bonds. The van der Waals surface area contributed by atoms with Crippen molar-refractivity contribution >= 4 is 0 Å². The van der Waals surface area contributed by atoms with E-state index >= 15 is 0 Å². The first-order valence-corrected chi connectivity index (χ1v) is 24.4. The molecule has 0 aromatic rings. The first-order valence-electron chi connectivity index (χ1n) is 24.4. The van der Waals surface area contributed by atoms with Crippen molar-refractivity contribution in [2.24, 2.45) is 0 Å². The highest BCUT2D eigenvalue weighted by molar-refractivity contribution is 4.80. The summed E-state index contributed by atoms with van der Waals surface area (Å²) in [5, 5.41) is 0. The van der Waals surface area contributed by atoms with Crippen LogP contribution in [0.2, 0.25) is 0 Å². The number of allylic oxidation sites excluding steroid dienone is 6. The van der Waals surface area contributed by atoms with Crippen molar-refractivity contribution in [1.29, 1.82) is 0 Å². The molecule has 0 N–H and O–H groups in total. The van der Waals surface area contributed by atoms with Gasteiger partial charge in [-0.1, -0.05) is 123 Å². The second kappa shape index (κ2) is 71.2. The Morgan fingerprint density at radius 2 is 0.750 bits per heavy atom. The maximum atomic E-state index is 5.39. The van der Waals surface area contributed by atoms with Crippen LogP contribution in [0.4, 0.5) is 0 Å². The number of hydrogen-bond acceptors (Lipinski definition) is 11. The summed E-state index contributed by atoms with van der Waals surface area (Å²) in [5.41, 5.74) is 0. The van der Waals surface area contributed by atoms with Crippen LogP contribution in [0.25, 0.3) is 0 Å². The van der Waals surface area contributed by atoms with E-state index in [0.29, 0.717) is 30.4 Å². The Hall–Kier alpha value is -3.44. The van der Waals surface area contributed by atoms with Gasteiger partial charge < -0.3 is 42.6 Å². The quantitative estimate of drug-likeness (QED) is 0.0197. The molecule has 384 valence electrons. The number of ether oxygens (including phenoxy) is 9. The summed E-state index contributed by atoms with van der Waals surface area (Å²) in [6, 6.07) is 0. The fourth-order valence-electron chi connectivity index (χ4n) is 4.70. The van der Waals surface area contributed by atoms with Gasteiger partial charge in [0.15, 0.2) is 0 Å². The SMILES string of the molecule is C=CC.CC=C(OC)OC(C)CC.CC=C(OC)OCCCCC.CC=C(OC)OCCCCCC.CC=C(OC)OCCCCCCCC.CC=COCCCCCCCOOC. The molecule has 0 heterocycles. The Balaban J connectivity index is -0.000000162. The highest BCUT2D eigenvalue weighted by Gasteiger charge is 2.01. The van der Waals surface area contributed by atoms with Gasteiger partial charge in [0, 0.05) is 0 Å². The highest BCUT2D eigenvalue weighted by atomic mass is 17.2. The van der Waals surface area contributed by atoms with E-state index in [0.717, 1.165) is 65.0 Å². The molecular weight excluding hydrogens is 813 g/mol. The van der Waals surface area contributed by atoms with Gasteiger partial charge in [0.2, 0.25) is 0 Å². The number of rotatable bonds is 36. The lowest BCUT2D eigenvalue weighted by Gasteiger charge is -2.13. The molecular formula is C53H106O11. The molecule has 0 saturated carbocycles. The largest absolute Gasteiger partial charge is 0.502 e. The Labute approximate surface area is 397 Å². The van der Waals surface area contributed by atoms with Gasteiger partial charge in [-0.05, 0) is 111 Å². The molecule has 0 aliphatic heterocycles. The lowest BCUT2D eigenvalue weighted by atomic mass is 10.1. The molecule has 0 bridgehead atoms. The van der Waals surface area contributed by atoms with E-state index < -0.39 is 0 Å². The molecule has 0 saturated heterocycles. The Kier molecular flexibility index (Phi) is 80.3. The fraction of sp³-hybridized carbons (Fsp3) is 0.774. The summed E-state index contributed by atoms with van der Waals surface area (Å²) < 4.78 is 46.3. The molecule has 0 spiro atoms. The maximum absolute atomic E-state index is 5.39. The molecule has 0 aromatic carbocycles. The Bertz CT molecular complexity index is 993. The second-order valence-corrected chi connectivity index (χ2v) is 14.2. The molecule has 0 rings (SSSR count). The third-order valence-corrected chi connectivity index (χ3v) is 8.46. The zero-order chi connectivity index (χ0) is 49.6. The second-order valence-electron chi connectivity index (χ2n) is 14.2. The molecule has 11 heteroatoms. The van der Waals surface area contributed by atoms with Gasteiger partial charge >= 0.3 is 0 Å². The van der Waals surface area contributed by atoms with E-state index in [1.54, 1.807) is 47.9 Å². The number of unbranched alkanes of at least 4 members (excludes halogenated alkanes) is 14. The molecule has 1 atom stereocenters. The fourth-order valence-corrected chi connectivity index (χ4v) is 4.70. The van der Waals surface area contributed by atoms with Gasteiger partial charge in [-0.2, -0.15) is 0 Å². The zero-order valence-corrected chi connectivity index (χ0v) is 44.8. The Morgan fingerprint density at radius 1 is 0.438 bits per heavy atom. The zero-order valence-electron chi connectivity index (χ0n) is 44.8. The molecule has 0 radical (unpaired) electrons. The summed E-state index contributed by atoms with van der Waals surface area (Å²) in [4.78, 5) is 9.25. The summed E-state index contributed by atoms with van der Waals surface area (Å²) >= 11 is 0. The summed E-state index contributed by atoms with van der Waals surface area (Å²) in [6.45, 7) is 29.4. The van der Waals surface area contributed by atoms with E-state index in [2.05, 4.69) is 39.2 Å². The van der Waals surface area contributed by atoms with Crippen molar-refractivity contribution in [3.8, 4) is 0 Å². The summed E-state index contributed by atoms with van der Waals surface area (Å²) in [7, 11) is 8.03. The lowest BCUT2D eigenvalue weighted by molar-refractivity contribution is -0.272. The summed E-state index contributed by atoms with van der Waals surface area (Å²) in [5.74, 6) is 2.50. The highest BCUT2D eigenvalue weighted by Crippen LogP contribution is 2.08. The van der Waals surface area contributed by atoms with Gasteiger partial charge in [0.25, 0.3) is 23.8 Å². The van der Waals surface area contributed by atoms with Crippen LogP contribution >= 0.6 is 0 Å². The maximum Gasteiger partial charge on any atom is 0.274 e. The van der Waals surface area contributed by atoms with Crippen LogP contribution in [0.3, 0.4) is 0 Å². The van der Waals surface area contributed by atoms with E-state index in [9.17, 15) is 0 Å². The number of hydrogen-bond donors (Lipinski definition) is 0. The first-order chi connectivity index (χ1) is 31.1. The van der Waals surface area contributed by atoms with E-state index in [4.69, 9.17) is 47.5 Å². The van der Waals surface area contributed by atoms with E-state index in [1.165, 1.54) is 83.5 Å². The van der Waals surface area contributed by atoms with Crippen LogP contribution in [0.1, 0.15) is 198 Å². The van der Waals surface area contributed by atoms with Gasteiger partial charge in [-0.3, -0.25) is 0 Å². The molecule has 1 unspecified atom stereocenters. The first kappa shape index (κ1) is 72.2. The molecule has 0 aliphatic rings. The lowest BCUT2D eigenvalue weighted by Crippen LogP contribution is -2.06. The van der Waals surface area contributed by atoms with Crippen molar-refractivity contribution in [3.05, 3.63) is 73.1 Å². The third-order valence-electron chi connectivity index (χ3n) is 8.46. The van der Waals surface area contributed by atoms with Crippen molar-refractivity contribution in [2.75, 3.05) is 68.6 Å². The van der Waals surface area contributed by atoms with Crippen molar-refractivity contribution in [2.45, 2.75) is 204 Å². The summed E-state index contributed by atoms with van der Waals surface area (Å²) in [6.07, 6.45) is 36.1. The van der Waals surface area contributed by atoms with Gasteiger partial charge in [0.1, 0.15) is 0 Å². The number of methoxy groups -OCH3 is 4. The van der Waals surface area contributed by atoms with Crippen LogP contribution in [0, 0.1) is 0 Å². The topological polar surface area (TPSA) is 102 Å². The molecule has 0 fully saturated rings. The molecule has 0 aliphatic carbocycles. The van der Waals surface area contributed by atoms with Gasteiger partial charge in [0.05, 0.1) is 80.9 Å². The van der Waals surface area contributed by atoms with E-state index in [1.807, 2.05) is 78.8 Å². The molecule has 11 nitrogen and oxygen atoms in total. The average molecular weight is 919 g/mol. The Morgan fingerprint density at radius 3 is 1.08 bits per heavy atom. The predicted molar refractivity (Wildman–Crippen MR) is 271 cm³/mol. The monoisotopic (exact) mass is 919 g/mol. The smallest absolute Gasteiger partial charge is 0.274 e.